The average molecular weight is 923 g/mol. The molecule has 0 bridgehead atoms. The first-order valence-electron chi connectivity index (χ1n) is 24.6. The van der Waals surface area contributed by atoms with Crippen molar-refractivity contribution in [3.8, 4) is 0 Å². The Balaban J connectivity index is 0.927. The lowest BCUT2D eigenvalue weighted by Gasteiger charge is -2.39. The van der Waals surface area contributed by atoms with Crippen LogP contribution in [-0.4, -0.2) is 109 Å². The van der Waals surface area contributed by atoms with Gasteiger partial charge in [0.25, 0.3) is 5.91 Å². The lowest BCUT2D eigenvalue weighted by Crippen LogP contribution is -2.61. The van der Waals surface area contributed by atoms with Crippen molar-refractivity contribution in [3.05, 3.63) is 102 Å². The van der Waals surface area contributed by atoms with Crippen LogP contribution in [0, 0.1) is 11.8 Å². The molecule has 2 saturated carbocycles. The van der Waals surface area contributed by atoms with Crippen molar-refractivity contribution in [1.29, 1.82) is 0 Å². The van der Waals surface area contributed by atoms with Gasteiger partial charge in [-0.2, -0.15) is 4.31 Å². The number of unbranched alkanes of at least 4 members (excludes halogenated alkanes) is 11. The zero-order chi connectivity index (χ0) is 46.6. The maximum atomic E-state index is 14.1. The van der Waals surface area contributed by atoms with Gasteiger partial charge in [0, 0.05) is 75.7 Å². The van der Waals surface area contributed by atoms with E-state index in [1.54, 1.807) is 0 Å². The summed E-state index contributed by atoms with van der Waals surface area (Å²) in [6.45, 7) is 4.07. The van der Waals surface area contributed by atoms with Crippen molar-refractivity contribution in [3.63, 3.8) is 0 Å². The first kappa shape index (κ1) is 48.8. The largest absolute Gasteiger partial charge is 0.354 e. The molecular formula is C52H70N6O7S. The van der Waals surface area contributed by atoms with Crippen molar-refractivity contribution in [2.24, 2.45) is 11.8 Å². The van der Waals surface area contributed by atoms with Crippen molar-refractivity contribution in [2.45, 2.75) is 139 Å². The van der Waals surface area contributed by atoms with Gasteiger partial charge >= 0.3 is 0 Å². The summed E-state index contributed by atoms with van der Waals surface area (Å²) < 4.78 is 29.3. The molecule has 0 aromatic heterocycles. The van der Waals surface area contributed by atoms with Gasteiger partial charge in [-0.1, -0.05) is 138 Å². The number of nitrogens with one attached hydrogen (secondary N) is 3. The molecule has 14 heteroatoms. The highest BCUT2D eigenvalue weighted by atomic mass is 32.2. The predicted molar refractivity (Wildman–Crippen MR) is 255 cm³/mol. The molecule has 0 unspecified atom stereocenters. The Morgan fingerprint density at radius 2 is 1.08 bits per heavy atom. The Morgan fingerprint density at radius 1 is 0.591 bits per heavy atom. The fraction of sp³-hybridized carbons (Fsp3) is 0.558. The molecule has 3 N–H and O–H groups in total. The summed E-state index contributed by atoms with van der Waals surface area (Å²) in [6, 6.07) is 24.6. The zero-order valence-corrected chi connectivity index (χ0v) is 39.7. The number of hydrogen-bond donors (Lipinski definition) is 3. The summed E-state index contributed by atoms with van der Waals surface area (Å²) in [6.07, 6.45) is 16.1. The van der Waals surface area contributed by atoms with Crippen LogP contribution >= 0.6 is 0 Å². The number of nitrogens with zero attached hydrogens (tertiary/aromatic N) is 3. The third-order valence-corrected chi connectivity index (χ3v) is 16.0. The van der Waals surface area contributed by atoms with E-state index in [9.17, 15) is 32.4 Å². The number of carbonyl (C=O) groups is 5. The van der Waals surface area contributed by atoms with Gasteiger partial charge in [0.2, 0.25) is 33.7 Å². The van der Waals surface area contributed by atoms with Crippen molar-refractivity contribution >= 4 is 39.6 Å². The van der Waals surface area contributed by atoms with Crippen LogP contribution in [0.15, 0.2) is 89.8 Å². The van der Waals surface area contributed by atoms with E-state index >= 15 is 0 Å². The van der Waals surface area contributed by atoms with Gasteiger partial charge in [-0.15, -0.1) is 0 Å². The summed E-state index contributed by atoms with van der Waals surface area (Å²) in [5.41, 5.74) is 2.52. The standard InChI is InChI=1S/C52H70N6O7S/c1-3-4-5-6-7-8-9-10-11-12-13-20-29-53-51(62)48-36-57(30-31-58(48)37(2)59)66(64,65)41-27-25-40(26-28-41)52(63)56-34-44(49(60)54-46-32-42(46)38-21-16-14-17-22-38)45(35-56)50(61)55-47-33-43(47)39-23-18-15-19-24-39/h14-19,21-28,42-48H,3-13,20,29-36H2,1-2H3,(H,53,62)(H,54,60)(H,55,61)/t42-,43-,44-,45-,46+,47+,48-/m1/s1. The lowest BCUT2D eigenvalue weighted by atomic mass is 9.94. The second-order valence-electron chi connectivity index (χ2n) is 19.0. The number of rotatable bonds is 23. The topological polar surface area (TPSA) is 165 Å². The number of benzene rings is 3. The van der Waals surface area contributed by atoms with E-state index in [0.29, 0.717) is 6.54 Å². The average Bonchev–Trinajstić information content (AvgIpc) is 4.24. The van der Waals surface area contributed by atoms with E-state index < -0.39 is 33.8 Å². The minimum Gasteiger partial charge on any atom is -0.354 e. The number of piperazine rings is 1. The van der Waals surface area contributed by atoms with E-state index in [0.717, 1.165) is 43.2 Å². The molecule has 2 aliphatic heterocycles. The maximum Gasteiger partial charge on any atom is 0.253 e. The maximum absolute atomic E-state index is 14.1. The summed E-state index contributed by atoms with van der Waals surface area (Å²) in [7, 11) is -4.10. The van der Waals surface area contributed by atoms with E-state index in [-0.39, 0.29) is 90.7 Å². The Kier molecular flexibility index (Phi) is 17.1. The SMILES string of the molecule is CCCCCCCCCCCCCCNC(=O)[C@H]1CN(S(=O)(=O)c2ccc(C(=O)N3C[C@@H](C(=O)N[C@H]4C[C@@H]4c4ccccc4)[C@H](C(=O)N[C@H]4C[C@@H]4c4ccccc4)C3)cc2)CCN1C(C)=O. The molecule has 3 aromatic rings. The minimum atomic E-state index is -4.10. The Morgan fingerprint density at radius 3 is 1.56 bits per heavy atom. The Bertz CT molecular complexity index is 2150. The molecule has 7 atom stereocenters. The van der Waals surface area contributed by atoms with Crippen LogP contribution in [0.1, 0.15) is 137 Å². The fourth-order valence-corrected chi connectivity index (χ4v) is 11.3. The highest BCUT2D eigenvalue weighted by Gasteiger charge is 2.49. The van der Waals surface area contributed by atoms with Crippen LogP contribution in [0.25, 0.3) is 0 Å². The summed E-state index contributed by atoms with van der Waals surface area (Å²) in [4.78, 5) is 70.8. The van der Waals surface area contributed by atoms with Crippen LogP contribution < -0.4 is 16.0 Å². The lowest BCUT2D eigenvalue weighted by molar-refractivity contribution is -0.141. The highest BCUT2D eigenvalue weighted by Crippen LogP contribution is 2.43. The molecule has 2 heterocycles. The number of sulfonamides is 1. The molecule has 5 amide bonds. The molecular weight excluding hydrogens is 853 g/mol. The van der Waals surface area contributed by atoms with E-state index in [1.165, 1.54) is 103 Å². The number of carbonyl (C=O) groups excluding carboxylic acids is 5. The Hall–Kier alpha value is -5.08. The van der Waals surface area contributed by atoms with E-state index in [2.05, 4.69) is 22.9 Å². The van der Waals surface area contributed by atoms with Crippen molar-refractivity contribution in [1.82, 2.24) is 30.1 Å². The smallest absolute Gasteiger partial charge is 0.253 e. The molecule has 4 fully saturated rings. The molecule has 0 spiro atoms. The number of likely N-dealkylation sites (tertiary alicyclic amines) is 1. The second kappa shape index (κ2) is 23.1. The highest BCUT2D eigenvalue weighted by molar-refractivity contribution is 7.89. The summed E-state index contributed by atoms with van der Waals surface area (Å²) in [5.74, 6) is -2.72. The monoisotopic (exact) mass is 923 g/mol. The molecule has 7 rings (SSSR count). The quantitative estimate of drug-likeness (QED) is 0.0885. The van der Waals surface area contributed by atoms with Crippen LogP contribution in [0.3, 0.4) is 0 Å². The molecule has 13 nitrogen and oxygen atoms in total. The van der Waals surface area contributed by atoms with Gasteiger partial charge in [0.05, 0.1) is 16.7 Å². The molecule has 2 aliphatic carbocycles. The van der Waals surface area contributed by atoms with Crippen LogP contribution in [-0.2, 0) is 29.2 Å². The van der Waals surface area contributed by atoms with Crippen LogP contribution in [0.4, 0.5) is 0 Å². The number of amides is 5. The number of hydrogen-bond acceptors (Lipinski definition) is 7. The zero-order valence-electron chi connectivity index (χ0n) is 38.9. The predicted octanol–water partition coefficient (Wildman–Crippen LogP) is 6.76. The van der Waals surface area contributed by atoms with Crippen LogP contribution in [0.2, 0.25) is 0 Å². The second-order valence-corrected chi connectivity index (χ2v) is 20.9. The van der Waals surface area contributed by atoms with Crippen molar-refractivity contribution < 1.29 is 32.4 Å². The third-order valence-electron chi connectivity index (χ3n) is 14.1. The van der Waals surface area contributed by atoms with Gasteiger partial charge in [-0.05, 0) is 54.7 Å². The normalized spacial score (nSPS) is 23.8. The van der Waals surface area contributed by atoms with E-state index in [1.807, 2.05) is 60.7 Å². The minimum absolute atomic E-state index is 0.0195. The van der Waals surface area contributed by atoms with Crippen LogP contribution in [0.5, 0.6) is 0 Å². The van der Waals surface area contributed by atoms with Gasteiger partial charge in [-0.3, -0.25) is 24.0 Å². The van der Waals surface area contributed by atoms with Gasteiger partial charge in [0.1, 0.15) is 6.04 Å². The summed E-state index contributed by atoms with van der Waals surface area (Å²) >= 11 is 0. The molecule has 3 aromatic carbocycles. The Labute approximate surface area is 391 Å². The third kappa shape index (κ3) is 12.7. The molecule has 2 saturated heterocycles. The first-order valence-corrected chi connectivity index (χ1v) is 26.0. The summed E-state index contributed by atoms with van der Waals surface area (Å²) in [5, 5.41) is 9.27. The molecule has 0 radical (unpaired) electrons. The van der Waals surface area contributed by atoms with Crippen molar-refractivity contribution in [2.75, 3.05) is 39.3 Å². The van der Waals surface area contributed by atoms with Gasteiger partial charge < -0.3 is 25.8 Å². The van der Waals surface area contributed by atoms with Gasteiger partial charge in [-0.25, -0.2) is 8.42 Å². The fourth-order valence-electron chi connectivity index (χ4n) is 9.90. The molecule has 356 valence electrons. The van der Waals surface area contributed by atoms with E-state index in [4.69, 9.17) is 0 Å². The first-order chi connectivity index (χ1) is 32.0. The molecule has 4 aliphatic rings. The van der Waals surface area contributed by atoms with Gasteiger partial charge in [0.15, 0.2) is 0 Å². The molecule has 66 heavy (non-hydrogen) atoms.